The second kappa shape index (κ2) is 56.8. The fraction of sp³-hybridized carbons (Fsp3) is 0. The van der Waals surface area contributed by atoms with Gasteiger partial charge in [-0.3, -0.25) is 0 Å². The van der Waals surface area contributed by atoms with E-state index in [4.69, 9.17) is 0 Å². The molecule has 0 aromatic heterocycles. The van der Waals surface area contributed by atoms with Crippen molar-refractivity contribution in [1.29, 1.82) is 0 Å². The van der Waals surface area contributed by atoms with Crippen LogP contribution in [0.4, 0.5) is 0 Å². The van der Waals surface area contributed by atoms with Gasteiger partial charge >= 0.3 is 71.3 Å². The zero-order valence-electron chi connectivity index (χ0n) is 3.29. The fourth-order valence-electron chi connectivity index (χ4n) is 0. The van der Waals surface area contributed by atoms with Gasteiger partial charge in [0.2, 0.25) is 0 Å². The van der Waals surface area contributed by atoms with Crippen molar-refractivity contribution in [3.8, 4) is 0 Å². The largest absolute Gasteiger partial charge is 3.00 e. The normalized spacial score (nSPS) is 0. The first-order chi connectivity index (χ1) is 0. The molecular formula is H4CeNaO4. The Hall–Kier alpha value is 2.22. The summed E-state index contributed by atoms with van der Waals surface area (Å²) in [7, 11) is 0. The van der Waals surface area contributed by atoms with Crippen LogP contribution >= 0.6 is 0 Å². The standard InChI is InChI=1S/Ce.Na.4H2O/h;;4*1H2/q+3;+1;;;;/p-4. The van der Waals surface area contributed by atoms with E-state index in [1.165, 1.54) is 0 Å². The van der Waals surface area contributed by atoms with E-state index in [2.05, 4.69) is 0 Å². The monoisotopic (exact) mass is 231 g/mol. The molecule has 0 aromatic carbocycles. The Morgan fingerprint density at radius 2 is 0.500 bits per heavy atom. The molecule has 0 unspecified atom stereocenters. The van der Waals surface area contributed by atoms with E-state index < -0.39 is 0 Å². The molecule has 0 atom stereocenters. The van der Waals surface area contributed by atoms with Crippen LogP contribution in [-0.4, -0.2) is 21.9 Å². The second-order valence-corrected chi connectivity index (χ2v) is 0. The summed E-state index contributed by atoms with van der Waals surface area (Å²) >= 11 is 0. The summed E-state index contributed by atoms with van der Waals surface area (Å²) in [5, 5.41) is 0. The van der Waals surface area contributed by atoms with Crippen LogP contribution in [0.2, 0.25) is 0 Å². The molecule has 0 aromatic rings. The van der Waals surface area contributed by atoms with Crippen molar-refractivity contribution in [3.05, 3.63) is 0 Å². The van der Waals surface area contributed by atoms with Crippen LogP contribution in [0.25, 0.3) is 0 Å². The van der Waals surface area contributed by atoms with Gasteiger partial charge in [0.25, 0.3) is 0 Å². The zero-order chi connectivity index (χ0) is 0. The van der Waals surface area contributed by atoms with Crippen molar-refractivity contribution in [3.63, 3.8) is 0 Å². The van der Waals surface area contributed by atoms with E-state index in [-0.39, 0.29) is 93.2 Å². The molecule has 0 aliphatic heterocycles. The molecule has 0 aliphatic carbocycles. The molecule has 0 saturated heterocycles. The van der Waals surface area contributed by atoms with E-state index in [1.54, 1.807) is 0 Å². The predicted octanol–water partition coefficient (Wildman–Crippen LogP) is -3.70. The van der Waals surface area contributed by atoms with Crippen LogP contribution in [-0.2, 0) is 0 Å². The zero-order valence-corrected chi connectivity index (χ0v) is 8.43. The minimum absolute atomic E-state index is 0. The van der Waals surface area contributed by atoms with E-state index >= 15 is 0 Å². The Morgan fingerprint density at radius 3 is 0.500 bits per heavy atom. The summed E-state index contributed by atoms with van der Waals surface area (Å²) in [4.78, 5) is 0. The molecule has 4 nitrogen and oxygen atoms in total. The smallest absolute Gasteiger partial charge is 0.870 e. The van der Waals surface area contributed by atoms with Gasteiger partial charge < -0.3 is 21.9 Å². The van der Waals surface area contributed by atoms with Crippen LogP contribution < -0.4 is 29.6 Å². The van der Waals surface area contributed by atoms with Crippen molar-refractivity contribution in [2.24, 2.45) is 0 Å². The van der Waals surface area contributed by atoms with Gasteiger partial charge in [0, 0.05) is 0 Å². The van der Waals surface area contributed by atoms with Gasteiger partial charge in [-0.2, -0.15) is 0 Å². The topological polar surface area (TPSA) is 120 Å². The molecule has 0 spiro atoms. The fourth-order valence-corrected chi connectivity index (χ4v) is 0. The molecule has 6 heavy (non-hydrogen) atoms. The number of hydrogen-bond donors (Lipinski definition) is 0. The number of hydrogen-bond acceptors (Lipinski definition) is 4. The minimum Gasteiger partial charge on any atom is -0.870 e. The van der Waals surface area contributed by atoms with Crippen LogP contribution in [0.15, 0.2) is 0 Å². The average molecular weight is 231 g/mol. The van der Waals surface area contributed by atoms with Gasteiger partial charge in [-0.05, 0) is 0 Å². The summed E-state index contributed by atoms with van der Waals surface area (Å²) in [5.74, 6) is 0. The van der Waals surface area contributed by atoms with Gasteiger partial charge in [-0.25, -0.2) is 0 Å². The van der Waals surface area contributed by atoms with Crippen molar-refractivity contribution in [2.45, 2.75) is 0 Å². The van der Waals surface area contributed by atoms with E-state index in [9.17, 15) is 0 Å². The van der Waals surface area contributed by atoms with Gasteiger partial charge in [-0.1, -0.05) is 0 Å². The molecule has 4 N–H and O–H groups in total. The summed E-state index contributed by atoms with van der Waals surface area (Å²) in [6, 6.07) is 0. The molecule has 0 fully saturated rings. The van der Waals surface area contributed by atoms with Crippen molar-refractivity contribution in [1.82, 2.24) is 0 Å². The Balaban J connectivity index is 0. The molecule has 1 radical (unpaired) electrons. The summed E-state index contributed by atoms with van der Waals surface area (Å²) in [6.07, 6.45) is 0. The first kappa shape index (κ1) is 87.1. The van der Waals surface area contributed by atoms with Gasteiger partial charge in [-0.15, -0.1) is 0 Å². The molecular weight excluding hydrogens is 227 g/mol. The quantitative estimate of drug-likeness (QED) is 0.398. The summed E-state index contributed by atoms with van der Waals surface area (Å²) < 4.78 is 0. The predicted molar refractivity (Wildman–Crippen MR) is 7.74 cm³/mol. The second-order valence-electron chi connectivity index (χ2n) is 0. The molecule has 0 heterocycles. The third-order valence-electron chi connectivity index (χ3n) is 0. The molecule has 6 heteroatoms. The molecule has 0 bridgehead atoms. The van der Waals surface area contributed by atoms with E-state index in [0.29, 0.717) is 0 Å². The minimum atomic E-state index is 0. The first-order valence-corrected chi connectivity index (χ1v) is 0. The van der Waals surface area contributed by atoms with E-state index in [1.807, 2.05) is 0 Å². The maximum absolute atomic E-state index is 0. The van der Waals surface area contributed by atoms with Crippen LogP contribution in [0.5, 0.6) is 0 Å². The Bertz CT molecular complexity index is 7.51. The molecule has 0 amide bonds. The van der Waals surface area contributed by atoms with Gasteiger partial charge in [0.1, 0.15) is 0 Å². The van der Waals surface area contributed by atoms with E-state index in [0.717, 1.165) is 0 Å². The molecule has 0 rings (SSSR count). The van der Waals surface area contributed by atoms with Crippen LogP contribution in [0.1, 0.15) is 0 Å². The van der Waals surface area contributed by atoms with Crippen molar-refractivity contribution in [2.75, 3.05) is 0 Å². The SMILES string of the molecule is [Ce+3].[Na+].[OH-].[OH-].[OH-].[OH-]. The van der Waals surface area contributed by atoms with Crippen LogP contribution in [0, 0.1) is 41.7 Å². The maximum Gasteiger partial charge on any atom is 3.00 e. The van der Waals surface area contributed by atoms with Crippen molar-refractivity contribution < 1.29 is 93.2 Å². The van der Waals surface area contributed by atoms with Crippen molar-refractivity contribution >= 4 is 0 Å². The molecule has 33 valence electrons. The first-order valence-electron chi connectivity index (χ1n) is 0. The van der Waals surface area contributed by atoms with Crippen LogP contribution in [0.3, 0.4) is 0 Å². The summed E-state index contributed by atoms with van der Waals surface area (Å²) in [5.41, 5.74) is 0. The Labute approximate surface area is 91.6 Å². The third kappa shape index (κ3) is 34.4. The summed E-state index contributed by atoms with van der Waals surface area (Å²) in [6.45, 7) is 0. The Morgan fingerprint density at radius 1 is 0.500 bits per heavy atom. The van der Waals surface area contributed by atoms with Gasteiger partial charge in [0.05, 0.1) is 0 Å². The van der Waals surface area contributed by atoms with Gasteiger partial charge in [0.15, 0.2) is 0 Å². The molecule has 0 saturated carbocycles. The Kier molecular flexibility index (Phi) is 824. The third-order valence-corrected chi connectivity index (χ3v) is 0. The number of rotatable bonds is 0. The maximum atomic E-state index is 0. The average Bonchev–Trinajstić information content (AvgIpc) is 0. The molecule has 0 aliphatic rings.